The minimum atomic E-state index is -3.95. The van der Waals surface area contributed by atoms with Crippen molar-refractivity contribution in [3.63, 3.8) is 0 Å². The Balaban J connectivity index is 2.40. The fourth-order valence-electron chi connectivity index (χ4n) is 1.56. The first-order chi connectivity index (χ1) is 8.95. The highest BCUT2D eigenvalue weighted by molar-refractivity contribution is 7.92. The number of aromatic amines is 1. The number of aliphatic hydroxyl groups excluding tert-OH is 1. The normalized spacial score (nSPS) is 11.5. The quantitative estimate of drug-likeness (QED) is 0.785. The average Bonchev–Trinajstić information content (AvgIpc) is 2.84. The van der Waals surface area contributed by atoms with Gasteiger partial charge in [0.15, 0.2) is 5.03 Å². The zero-order valence-corrected chi connectivity index (χ0v) is 10.8. The largest absolute Gasteiger partial charge is 0.392 e. The topological polar surface area (TPSA) is 95.1 Å². The van der Waals surface area contributed by atoms with E-state index in [1.54, 1.807) is 0 Å². The number of aromatic nitrogens is 2. The Bertz CT molecular complexity index is 697. The van der Waals surface area contributed by atoms with Crippen LogP contribution in [0.5, 0.6) is 0 Å². The molecule has 1 aromatic heterocycles. The van der Waals surface area contributed by atoms with Crippen LogP contribution in [0.1, 0.15) is 11.1 Å². The van der Waals surface area contributed by atoms with Gasteiger partial charge in [0.25, 0.3) is 10.0 Å². The second-order valence-electron chi connectivity index (χ2n) is 3.90. The lowest BCUT2D eigenvalue weighted by Gasteiger charge is -2.10. The van der Waals surface area contributed by atoms with Crippen LogP contribution in [-0.4, -0.2) is 23.7 Å². The molecule has 0 atom stereocenters. The van der Waals surface area contributed by atoms with Gasteiger partial charge in [0.2, 0.25) is 0 Å². The van der Waals surface area contributed by atoms with Crippen molar-refractivity contribution in [2.24, 2.45) is 0 Å². The number of nitrogens with one attached hydrogen (secondary N) is 2. The Labute approximate surface area is 109 Å². The molecule has 0 radical (unpaired) electrons. The number of rotatable bonds is 4. The number of halogens is 1. The number of H-pyrrole nitrogens is 1. The van der Waals surface area contributed by atoms with Crippen LogP contribution in [0.4, 0.5) is 10.1 Å². The van der Waals surface area contributed by atoms with Crippen LogP contribution in [0, 0.1) is 12.7 Å². The minimum Gasteiger partial charge on any atom is -0.392 e. The van der Waals surface area contributed by atoms with Crippen molar-refractivity contribution in [1.82, 2.24) is 10.2 Å². The van der Waals surface area contributed by atoms with Crippen molar-refractivity contribution in [3.8, 4) is 0 Å². The second-order valence-corrected chi connectivity index (χ2v) is 5.52. The molecule has 0 unspecified atom stereocenters. The molecular formula is C11H12FN3O3S. The first-order valence-electron chi connectivity index (χ1n) is 5.36. The molecule has 0 aliphatic carbocycles. The van der Waals surface area contributed by atoms with Gasteiger partial charge in [0, 0.05) is 11.1 Å². The number of benzene rings is 1. The van der Waals surface area contributed by atoms with E-state index in [1.807, 2.05) is 0 Å². The van der Waals surface area contributed by atoms with Gasteiger partial charge in [0.1, 0.15) is 5.82 Å². The van der Waals surface area contributed by atoms with E-state index < -0.39 is 22.4 Å². The van der Waals surface area contributed by atoms with E-state index in [0.717, 1.165) is 0 Å². The summed E-state index contributed by atoms with van der Waals surface area (Å²) in [6.07, 6.45) is 1.22. The second kappa shape index (κ2) is 4.98. The van der Waals surface area contributed by atoms with Crippen molar-refractivity contribution < 1.29 is 17.9 Å². The summed E-state index contributed by atoms with van der Waals surface area (Å²) >= 11 is 0. The third kappa shape index (κ3) is 2.59. The first-order valence-corrected chi connectivity index (χ1v) is 6.85. The van der Waals surface area contributed by atoms with Gasteiger partial charge in [-0.1, -0.05) is 6.07 Å². The van der Waals surface area contributed by atoms with Gasteiger partial charge in [-0.15, -0.1) is 0 Å². The number of hydrogen-bond acceptors (Lipinski definition) is 4. The zero-order chi connectivity index (χ0) is 14.0. The standard InChI is InChI=1S/C11H12FN3O3S/c1-7-9(12)3-2-4-10(7)15-19(17,18)11-8(6-16)5-13-14-11/h2-5,15-16H,6H2,1H3,(H,13,14). The van der Waals surface area contributed by atoms with Gasteiger partial charge in [-0.25, -0.2) is 4.39 Å². The van der Waals surface area contributed by atoms with Gasteiger partial charge in [-0.05, 0) is 19.1 Å². The molecule has 3 N–H and O–H groups in total. The van der Waals surface area contributed by atoms with Crippen LogP contribution in [-0.2, 0) is 16.6 Å². The molecule has 0 saturated carbocycles. The molecule has 6 nitrogen and oxygen atoms in total. The lowest BCUT2D eigenvalue weighted by atomic mass is 10.2. The molecule has 0 aliphatic heterocycles. The predicted octanol–water partition coefficient (Wildman–Crippen LogP) is 1.15. The monoisotopic (exact) mass is 285 g/mol. The minimum absolute atomic E-state index is 0.137. The SMILES string of the molecule is Cc1c(F)cccc1NS(=O)(=O)c1[nH]ncc1CO. The molecule has 2 rings (SSSR count). The molecule has 102 valence electrons. The van der Waals surface area contributed by atoms with Crippen LogP contribution in [0.3, 0.4) is 0 Å². The number of anilines is 1. The van der Waals surface area contributed by atoms with Crippen molar-refractivity contribution in [1.29, 1.82) is 0 Å². The third-order valence-electron chi connectivity index (χ3n) is 2.63. The number of nitrogens with zero attached hydrogens (tertiary/aromatic N) is 1. The number of hydrogen-bond donors (Lipinski definition) is 3. The molecule has 2 aromatic rings. The Morgan fingerprint density at radius 1 is 1.47 bits per heavy atom. The number of sulfonamides is 1. The van der Waals surface area contributed by atoms with Crippen molar-refractivity contribution in [2.45, 2.75) is 18.6 Å². The lowest BCUT2D eigenvalue weighted by molar-refractivity contribution is 0.278. The molecule has 8 heteroatoms. The van der Waals surface area contributed by atoms with E-state index in [9.17, 15) is 12.8 Å². The first kappa shape index (κ1) is 13.5. The molecular weight excluding hydrogens is 273 g/mol. The fourth-order valence-corrected chi connectivity index (χ4v) is 2.81. The Hall–Kier alpha value is -1.93. The predicted molar refractivity (Wildman–Crippen MR) is 66.5 cm³/mol. The summed E-state index contributed by atoms with van der Waals surface area (Å²) in [5.74, 6) is -0.507. The Morgan fingerprint density at radius 2 is 2.21 bits per heavy atom. The highest BCUT2D eigenvalue weighted by Crippen LogP contribution is 2.22. The molecule has 0 amide bonds. The van der Waals surface area contributed by atoms with Gasteiger partial charge >= 0.3 is 0 Å². The summed E-state index contributed by atoms with van der Waals surface area (Å²) in [4.78, 5) is 0. The van der Waals surface area contributed by atoms with Crippen molar-refractivity contribution in [2.75, 3.05) is 4.72 Å². The van der Waals surface area contributed by atoms with Crippen LogP contribution >= 0.6 is 0 Å². The maximum absolute atomic E-state index is 13.3. The molecule has 0 aliphatic rings. The van der Waals surface area contributed by atoms with Gasteiger partial charge in [-0.2, -0.15) is 13.5 Å². The summed E-state index contributed by atoms with van der Waals surface area (Å²) in [5.41, 5.74) is 0.469. The van der Waals surface area contributed by atoms with E-state index in [2.05, 4.69) is 14.9 Å². The molecule has 0 bridgehead atoms. The molecule has 19 heavy (non-hydrogen) atoms. The maximum Gasteiger partial charge on any atom is 0.279 e. The third-order valence-corrected chi connectivity index (χ3v) is 4.01. The van der Waals surface area contributed by atoms with Crippen LogP contribution in [0.15, 0.2) is 29.4 Å². The van der Waals surface area contributed by atoms with Gasteiger partial charge in [-0.3, -0.25) is 9.82 Å². The van der Waals surface area contributed by atoms with Crippen LogP contribution in [0.25, 0.3) is 0 Å². The summed E-state index contributed by atoms with van der Waals surface area (Å²) < 4.78 is 39.8. The van der Waals surface area contributed by atoms with Crippen LogP contribution in [0.2, 0.25) is 0 Å². The molecule has 1 heterocycles. The Morgan fingerprint density at radius 3 is 2.89 bits per heavy atom. The molecule has 0 fully saturated rings. The van der Waals surface area contributed by atoms with E-state index in [-0.39, 0.29) is 21.8 Å². The van der Waals surface area contributed by atoms with E-state index in [0.29, 0.717) is 0 Å². The van der Waals surface area contributed by atoms with Crippen LogP contribution < -0.4 is 4.72 Å². The number of aliphatic hydroxyl groups is 1. The van der Waals surface area contributed by atoms with E-state index in [4.69, 9.17) is 5.11 Å². The summed E-state index contributed by atoms with van der Waals surface area (Å²) in [7, 11) is -3.95. The van der Waals surface area contributed by atoms with E-state index >= 15 is 0 Å². The van der Waals surface area contributed by atoms with Crippen molar-refractivity contribution >= 4 is 15.7 Å². The molecule has 1 aromatic carbocycles. The zero-order valence-electron chi connectivity index (χ0n) is 10.0. The lowest BCUT2D eigenvalue weighted by Crippen LogP contribution is -2.16. The van der Waals surface area contributed by atoms with Gasteiger partial charge in [0.05, 0.1) is 18.5 Å². The maximum atomic E-state index is 13.3. The molecule has 0 saturated heterocycles. The Kier molecular flexibility index (Phi) is 3.54. The van der Waals surface area contributed by atoms with Gasteiger partial charge < -0.3 is 5.11 Å². The highest BCUT2D eigenvalue weighted by atomic mass is 32.2. The van der Waals surface area contributed by atoms with E-state index in [1.165, 1.54) is 31.3 Å². The molecule has 0 spiro atoms. The van der Waals surface area contributed by atoms with Crippen molar-refractivity contribution in [3.05, 3.63) is 41.3 Å². The highest BCUT2D eigenvalue weighted by Gasteiger charge is 2.21. The summed E-state index contributed by atoms with van der Waals surface area (Å²) in [6.45, 7) is 1.00. The average molecular weight is 285 g/mol. The summed E-state index contributed by atoms with van der Waals surface area (Å²) in [6, 6.07) is 4.09. The summed E-state index contributed by atoms with van der Waals surface area (Å²) in [5, 5.41) is 14.6. The smallest absolute Gasteiger partial charge is 0.279 e. The fraction of sp³-hybridized carbons (Fsp3) is 0.182.